The molecule has 2 aliphatic heterocycles. The van der Waals surface area contributed by atoms with Crippen LogP contribution >= 0.6 is 0 Å². The fourth-order valence-electron chi connectivity index (χ4n) is 7.45. The van der Waals surface area contributed by atoms with Crippen LogP contribution in [0, 0.1) is 0 Å². The molecule has 37 heavy (non-hydrogen) atoms. The smallest absolute Gasteiger partial charge is 0.414 e. The molecular weight excluding hydrogens is 464 g/mol. The van der Waals surface area contributed by atoms with Crippen LogP contribution in [0.15, 0.2) is 18.2 Å². The summed E-state index contributed by atoms with van der Waals surface area (Å²) in [5.74, 6) is 0.384. The third-order valence-electron chi connectivity index (χ3n) is 9.69. The molecule has 5 aliphatic rings. The van der Waals surface area contributed by atoms with Gasteiger partial charge in [0.05, 0.1) is 17.4 Å². The van der Waals surface area contributed by atoms with Gasteiger partial charge in [0.25, 0.3) is 0 Å². The average molecular weight is 509 g/mol. The summed E-state index contributed by atoms with van der Waals surface area (Å²) in [5, 5.41) is 2.66. The van der Waals surface area contributed by atoms with Crippen LogP contribution in [0.3, 0.4) is 0 Å². The van der Waals surface area contributed by atoms with E-state index in [2.05, 4.69) is 28.6 Å². The maximum absolute atomic E-state index is 13.4. The maximum Gasteiger partial charge on any atom is 0.414 e. The van der Waals surface area contributed by atoms with Crippen LogP contribution in [0.5, 0.6) is 0 Å². The van der Waals surface area contributed by atoms with Crippen molar-refractivity contribution in [1.29, 1.82) is 0 Å². The number of nitrogens with one attached hydrogen (secondary N) is 1. The number of rotatable bonds is 3. The van der Waals surface area contributed by atoms with E-state index in [0.717, 1.165) is 37.2 Å². The minimum atomic E-state index is -0.264. The summed E-state index contributed by atoms with van der Waals surface area (Å²) in [5.41, 5.74) is 6.92. The molecule has 0 radical (unpaired) electrons. The van der Waals surface area contributed by atoms with Crippen molar-refractivity contribution in [2.45, 2.75) is 127 Å². The summed E-state index contributed by atoms with van der Waals surface area (Å²) in [7, 11) is 0. The molecule has 4 fully saturated rings. The van der Waals surface area contributed by atoms with Crippen LogP contribution in [0.25, 0.3) is 0 Å². The molecule has 1 spiro atoms. The van der Waals surface area contributed by atoms with Crippen molar-refractivity contribution < 1.29 is 14.3 Å². The highest BCUT2D eigenvalue weighted by atomic mass is 16.6. The van der Waals surface area contributed by atoms with Crippen LogP contribution in [-0.4, -0.2) is 53.8 Å². The van der Waals surface area contributed by atoms with Crippen molar-refractivity contribution in [3.8, 4) is 0 Å². The maximum atomic E-state index is 13.4. The van der Waals surface area contributed by atoms with E-state index in [0.29, 0.717) is 18.5 Å². The van der Waals surface area contributed by atoms with Crippen molar-refractivity contribution in [3.63, 3.8) is 0 Å². The van der Waals surface area contributed by atoms with E-state index in [1.54, 1.807) is 11.8 Å². The van der Waals surface area contributed by atoms with Gasteiger partial charge in [0.15, 0.2) is 0 Å². The Morgan fingerprint density at radius 3 is 2.27 bits per heavy atom. The van der Waals surface area contributed by atoms with Gasteiger partial charge in [0.1, 0.15) is 6.10 Å². The predicted molar refractivity (Wildman–Crippen MR) is 146 cm³/mol. The van der Waals surface area contributed by atoms with Gasteiger partial charge in [-0.25, -0.2) is 9.80 Å². The molecule has 7 nitrogen and oxygen atoms in total. The molecule has 0 bridgehead atoms. The van der Waals surface area contributed by atoms with Crippen LogP contribution in [0.2, 0.25) is 0 Å². The molecule has 1 aromatic carbocycles. The minimum absolute atomic E-state index is 0.0173. The number of anilines is 2. The van der Waals surface area contributed by atoms with E-state index in [9.17, 15) is 9.59 Å². The van der Waals surface area contributed by atoms with Gasteiger partial charge in [0.2, 0.25) is 5.91 Å². The minimum Gasteiger partial charge on any atom is -0.446 e. The zero-order valence-electron chi connectivity index (χ0n) is 22.7. The van der Waals surface area contributed by atoms with Gasteiger partial charge < -0.3 is 9.64 Å². The highest BCUT2D eigenvalue weighted by molar-refractivity contribution is 6.02. The van der Waals surface area contributed by atoms with Crippen molar-refractivity contribution in [2.24, 2.45) is 0 Å². The Balaban J connectivity index is 1.37. The molecule has 7 heteroatoms. The Morgan fingerprint density at radius 1 is 0.946 bits per heavy atom. The second-order valence-electron chi connectivity index (χ2n) is 12.3. The number of amides is 2. The highest BCUT2D eigenvalue weighted by Gasteiger charge is 2.53. The third-order valence-corrected chi connectivity index (χ3v) is 9.69. The molecule has 3 aliphatic carbocycles. The summed E-state index contributed by atoms with van der Waals surface area (Å²) in [6, 6.07) is 7.11. The van der Waals surface area contributed by atoms with Gasteiger partial charge in [-0.05, 0) is 69.6 Å². The van der Waals surface area contributed by atoms with Gasteiger partial charge in [0, 0.05) is 37.5 Å². The largest absolute Gasteiger partial charge is 0.446 e. The predicted octanol–water partition coefficient (Wildman–Crippen LogP) is 5.88. The first-order valence-electron chi connectivity index (χ1n) is 14.9. The average Bonchev–Trinajstić information content (AvgIpc) is 3.60. The lowest BCUT2D eigenvalue weighted by atomic mass is 9.73. The number of nitrogens with zero attached hydrogens (tertiary/aromatic N) is 3. The third kappa shape index (κ3) is 4.67. The molecule has 2 atom stereocenters. The van der Waals surface area contributed by atoms with E-state index in [1.165, 1.54) is 69.8 Å². The summed E-state index contributed by atoms with van der Waals surface area (Å²) in [6.07, 6.45) is 15.7. The first-order chi connectivity index (χ1) is 18.0. The number of hydrogen-bond donors (Lipinski definition) is 1. The monoisotopic (exact) mass is 508 g/mol. The lowest BCUT2D eigenvalue weighted by molar-refractivity contribution is -0.117. The zero-order valence-corrected chi connectivity index (χ0v) is 22.7. The second-order valence-corrected chi connectivity index (χ2v) is 12.3. The van der Waals surface area contributed by atoms with Crippen LogP contribution in [0.1, 0.15) is 109 Å². The van der Waals surface area contributed by atoms with Crippen molar-refractivity contribution in [1.82, 2.24) is 10.4 Å². The summed E-state index contributed by atoms with van der Waals surface area (Å²) < 4.78 is 5.87. The molecular formula is C30H44N4O3. The lowest BCUT2D eigenvalue weighted by Gasteiger charge is -2.44. The first kappa shape index (κ1) is 25.2. The Bertz CT molecular complexity index is 1010. The molecule has 1 unspecified atom stereocenters. The van der Waals surface area contributed by atoms with Gasteiger partial charge in [-0.1, -0.05) is 44.6 Å². The molecule has 6 rings (SSSR count). The SMILES string of the molecule is CC(=O)N1c2ccc(C3CNN(C4CC4)C34CCCCCCCC4)cc2N(C(=O)OC2CCC2)C[C@@H]1C. The van der Waals surface area contributed by atoms with E-state index in [4.69, 9.17) is 4.74 Å². The van der Waals surface area contributed by atoms with Crippen LogP contribution in [-0.2, 0) is 9.53 Å². The van der Waals surface area contributed by atoms with Crippen molar-refractivity contribution in [3.05, 3.63) is 23.8 Å². The van der Waals surface area contributed by atoms with Crippen LogP contribution < -0.4 is 15.2 Å². The second kappa shape index (κ2) is 10.2. The molecule has 1 N–H and O–H groups in total. The number of hydrazine groups is 1. The fourth-order valence-corrected chi connectivity index (χ4v) is 7.45. The molecule has 0 aromatic heterocycles. The number of fused-ring (bicyclic) bond motifs is 1. The lowest BCUT2D eigenvalue weighted by Crippen LogP contribution is -2.52. The van der Waals surface area contributed by atoms with Crippen molar-refractivity contribution in [2.75, 3.05) is 22.9 Å². The quantitative estimate of drug-likeness (QED) is 0.553. The van der Waals surface area contributed by atoms with E-state index < -0.39 is 0 Å². The number of benzene rings is 1. The van der Waals surface area contributed by atoms with Crippen LogP contribution in [0.4, 0.5) is 16.2 Å². The molecule has 2 heterocycles. The number of hydrogen-bond acceptors (Lipinski definition) is 5. The fraction of sp³-hybridized carbons (Fsp3) is 0.733. The summed E-state index contributed by atoms with van der Waals surface area (Å²) >= 11 is 0. The molecule has 1 saturated heterocycles. The normalized spacial score (nSPS) is 28.7. The van der Waals surface area contributed by atoms with Gasteiger partial charge in [-0.15, -0.1) is 0 Å². The standard InChI is InChI=1S/C30H44N4O3/c1-21-20-32(29(36)37-25-10-9-11-25)28-18-23(12-15-27(28)33(21)22(2)35)26-19-31-34(24-13-14-24)30(26)16-7-5-3-4-6-8-17-30/h12,15,18,21,24-26,31H,3-11,13-14,16-17,19-20H2,1-2H3/t21-,26?/m0/s1. The highest BCUT2D eigenvalue weighted by Crippen LogP contribution is 2.50. The number of carbonyl (C=O) groups excluding carboxylic acids is 2. The van der Waals surface area contributed by atoms with Crippen molar-refractivity contribution >= 4 is 23.4 Å². The topological polar surface area (TPSA) is 65.1 Å². The van der Waals surface area contributed by atoms with E-state index in [1.807, 2.05) is 11.8 Å². The molecule has 202 valence electrons. The molecule has 1 aromatic rings. The Kier molecular flexibility index (Phi) is 6.95. The Morgan fingerprint density at radius 2 is 1.65 bits per heavy atom. The summed E-state index contributed by atoms with van der Waals surface area (Å²) in [4.78, 5) is 29.7. The molecule has 2 amide bonds. The Hall–Kier alpha value is -2.12. The molecule has 3 saturated carbocycles. The summed E-state index contributed by atoms with van der Waals surface area (Å²) in [6.45, 7) is 5.04. The van der Waals surface area contributed by atoms with Gasteiger partial charge in [-0.2, -0.15) is 0 Å². The first-order valence-corrected chi connectivity index (χ1v) is 14.9. The number of ether oxygens (including phenoxy) is 1. The van der Waals surface area contributed by atoms with Gasteiger partial charge >= 0.3 is 6.09 Å². The van der Waals surface area contributed by atoms with Gasteiger partial charge in [-0.3, -0.25) is 15.1 Å². The van der Waals surface area contributed by atoms with E-state index >= 15 is 0 Å². The van der Waals surface area contributed by atoms with E-state index in [-0.39, 0.29) is 29.7 Å². The Labute approximate surface area is 221 Å². The zero-order chi connectivity index (χ0) is 25.6. The number of carbonyl (C=O) groups is 2.